The number of ether oxygens (including phenoxy) is 2. The number of hydrogen-bond donors (Lipinski definition) is 0. The van der Waals surface area contributed by atoms with Crippen LogP contribution in [0.2, 0.25) is 5.02 Å². The molecule has 3 aromatic rings. The van der Waals surface area contributed by atoms with Crippen molar-refractivity contribution in [1.82, 2.24) is 0 Å². The van der Waals surface area contributed by atoms with Crippen molar-refractivity contribution in [2.24, 2.45) is 5.92 Å². The molecule has 2 aliphatic heterocycles. The van der Waals surface area contributed by atoms with Gasteiger partial charge >= 0.3 is 0 Å². The molecular formula is C25H20ClN3O7. The number of imide groups is 1. The van der Waals surface area contributed by atoms with Gasteiger partial charge in [-0.05, 0) is 48.5 Å². The zero-order valence-corrected chi connectivity index (χ0v) is 19.9. The number of carbonyl (C=O) groups excluding carboxylic acids is 2. The molecule has 2 heterocycles. The smallest absolute Gasteiger partial charge is 0.269 e. The first-order valence-corrected chi connectivity index (χ1v) is 11.3. The molecule has 3 atom stereocenters. The highest BCUT2D eigenvalue weighted by atomic mass is 35.5. The van der Waals surface area contributed by atoms with Crippen molar-refractivity contribution in [3.8, 4) is 11.5 Å². The molecule has 0 unspecified atom stereocenters. The molecule has 2 fully saturated rings. The van der Waals surface area contributed by atoms with Gasteiger partial charge in [0.2, 0.25) is 5.91 Å². The highest BCUT2D eigenvalue weighted by Crippen LogP contribution is 2.50. The van der Waals surface area contributed by atoms with E-state index in [2.05, 4.69) is 0 Å². The van der Waals surface area contributed by atoms with Gasteiger partial charge in [-0.3, -0.25) is 24.5 Å². The van der Waals surface area contributed by atoms with Crippen molar-refractivity contribution in [1.29, 1.82) is 0 Å². The second kappa shape index (κ2) is 9.14. The van der Waals surface area contributed by atoms with Crippen molar-refractivity contribution in [2.75, 3.05) is 24.2 Å². The molecule has 5 rings (SSSR count). The first kappa shape index (κ1) is 23.6. The van der Waals surface area contributed by atoms with Crippen LogP contribution in [0.4, 0.5) is 17.1 Å². The van der Waals surface area contributed by atoms with E-state index in [4.69, 9.17) is 25.9 Å². The number of fused-ring (bicyclic) bond motifs is 1. The third-order valence-electron chi connectivity index (χ3n) is 6.27. The molecule has 0 aromatic heterocycles. The second-order valence-corrected chi connectivity index (χ2v) is 8.63. The van der Waals surface area contributed by atoms with Gasteiger partial charge in [-0.25, -0.2) is 9.96 Å². The Bertz CT molecular complexity index is 1350. The van der Waals surface area contributed by atoms with Gasteiger partial charge in [-0.2, -0.15) is 0 Å². The van der Waals surface area contributed by atoms with E-state index in [9.17, 15) is 19.7 Å². The Hall–Kier alpha value is -4.15. The second-order valence-electron chi connectivity index (χ2n) is 8.19. The summed E-state index contributed by atoms with van der Waals surface area (Å²) < 4.78 is 10.9. The van der Waals surface area contributed by atoms with E-state index in [0.717, 1.165) is 4.90 Å². The first-order chi connectivity index (χ1) is 17.3. The number of halogens is 1. The summed E-state index contributed by atoms with van der Waals surface area (Å²) in [5.41, 5.74) is 1.29. The van der Waals surface area contributed by atoms with E-state index in [0.29, 0.717) is 27.8 Å². The molecule has 36 heavy (non-hydrogen) atoms. The number of carbonyl (C=O) groups is 2. The Morgan fingerprint density at radius 2 is 1.58 bits per heavy atom. The molecule has 2 saturated heterocycles. The van der Waals surface area contributed by atoms with Crippen molar-refractivity contribution in [3.63, 3.8) is 0 Å². The molecule has 0 spiro atoms. The van der Waals surface area contributed by atoms with Gasteiger partial charge < -0.3 is 9.47 Å². The molecule has 0 radical (unpaired) electrons. The quantitative estimate of drug-likeness (QED) is 0.274. The number of nitro groups is 1. The van der Waals surface area contributed by atoms with Crippen molar-refractivity contribution < 1.29 is 28.8 Å². The summed E-state index contributed by atoms with van der Waals surface area (Å²) in [5, 5.41) is 13.1. The maximum atomic E-state index is 13.7. The Kier molecular flexibility index (Phi) is 5.99. The zero-order valence-electron chi connectivity index (χ0n) is 19.2. The summed E-state index contributed by atoms with van der Waals surface area (Å²) in [6, 6.07) is 16.5. The molecular weight excluding hydrogens is 490 g/mol. The van der Waals surface area contributed by atoms with Gasteiger partial charge in [0, 0.05) is 28.8 Å². The van der Waals surface area contributed by atoms with Crippen molar-refractivity contribution >= 4 is 40.5 Å². The lowest BCUT2D eigenvalue weighted by atomic mass is 9.90. The SMILES string of the molecule is COc1ccc([C@H]2[C@H]3C(=O)N(c4ccc([N+](=O)[O-])cc4)C(=O)[C@H]3ON2c2ccc(Cl)cc2)c(OC)c1. The number of hydrogen-bond acceptors (Lipinski definition) is 8. The van der Waals surface area contributed by atoms with Gasteiger partial charge in [0.1, 0.15) is 17.4 Å². The number of methoxy groups -OCH3 is 2. The molecule has 2 aliphatic rings. The number of anilines is 2. The Balaban J connectivity index is 1.59. The van der Waals surface area contributed by atoms with Gasteiger partial charge in [0.25, 0.3) is 11.6 Å². The van der Waals surface area contributed by atoms with E-state index in [1.54, 1.807) is 42.5 Å². The van der Waals surface area contributed by atoms with Crippen LogP contribution in [0.1, 0.15) is 11.6 Å². The fourth-order valence-electron chi connectivity index (χ4n) is 4.58. The Morgan fingerprint density at radius 3 is 2.19 bits per heavy atom. The number of amides is 2. The lowest BCUT2D eigenvalue weighted by Crippen LogP contribution is -2.37. The summed E-state index contributed by atoms with van der Waals surface area (Å²) in [4.78, 5) is 44.8. The molecule has 184 valence electrons. The van der Waals surface area contributed by atoms with Crippen LogP contribution in [0, 0.1) is 16.0 Å². The van der Waals surface area contributed by atoms with Crippen molar-refractivity contribution in [3.05, 3.63) is 87.4 Å². The average Bonchev–Trinajstić information content (AvgIpc) is 3.39. The summed E-state index contributed by atoms with van der Waals surface area (Å²) in [6.07, 6.45) is -1.11. The van der Waals surface area contributed by atoms with Gasteiger partial charge in [0.15, 0.2) is 6.10 Å². The van der Waals surface area contributed by atoms with Crippen LogP contribution in [-0.4, -0.2) is 37.1 Å². The number of rotatable bonds is 6. The third-order valence-corrected chi connectivity index (χ3v) is 6.53. The molecule has 0 aliphatic carbocycles. The van der Waals surface area contributed by atoms with Gasteiger partial charge in [-0.15, -0.1) is 0 Å². The predicted molar refractivity (Wildman–Crippen MR) is 130 cm³/mol. The lowest BCUT2D eigenvalue weighted by Gasteiger charge is -2.29. The largest absolute Gasteiger partial charge is 0.497 e. The van der Waals surface area contributed by atoms with E-state index < -0.39 is 34.8 Å². The van der Waals surface area contributed by atoms with E-state index in [1.807, 2.05) is 0 Å². The van der Waals surface area contributed by atoms with Crippen LogP contribution in [0.3, 0.4) is 0 Å². The van der Waals surface area contributed by atoms with Crippen LogP contribution in [0.15, 0.2) is 66.7 Å². The summed E-state index contributed by atoms with van der Waals surface area (Å²) in [5.74, 6) is -0.946. The molecule has 3 aromatic carbocycles. The predicted octanol–water partition coefficient (Wildman–Crippen LogP) is 4.32. The van der Waals surface area contributed by atoms with Gasteiger partial charge in [-0.1, -0.05) is 11.6 Å². The molecule has 0 bridgehead atoms. The summed E-state index contributed by atoms with van der Waals surface area (Å²) in [6.45, 7) is 0. The fraction of sp³-hybridized carbons (Fsp3) is 0.200. The Labute approximate surface area is 210 Å². The molecule has 0 saturated carbocycles. The minimum absolute atomic E-state index is 0.149. The van der Waals surface area contributed by atoms with E-state index >= 15 is 0 Å². The summed E-state index contributed by atoms with van der Waals surface area (Å²) >= 11 is 6.06. The number of nitro benzene ring substituents is 1. The molecule has 2 amide bonds. The average molecular weight is 510 g/mol. The number of benzene rings is 3. The first-order valence-electron chi connectivity index (χ1n) is 10.9. The zero-order chi connectivity index (χ0) is 25.6. The van der Waals surface area contributed by atoms with Crippen LogP contribution in [0.5, 0.6) is 11.5 Å². The van der Waals surface area contributed by atoms with Crippen molar-refractivity contribution in [2.45, 2.75) is 12.1 Å². The standard InChI is InChI=1S/C25H20ClN3O7/c1-34-18-11-12-19(20(13-18)35-2)22-21-23(36-28(22)16-5-3-14(26)4-6-16)25(31)27(24(21)30)15-7-9-17(10-8-15)29(32)33/h3-13,21-23H,1-2H3/t21-,22+,23+/m1/s1. The molecule has 11 heteroatoms. The number of hydroxylamine groups is 1. The highest BCUT2D eigenvalue weighted by molar-refractivity contribution is 6.30. The molecule has 0 N–H and O–H groups in total. The summed E-state index contributed by atoms with van der Waals surface area (Å²) in [7, 11) is 3.04. The van der Waals surface area contributed by atoms with Gasteiger partial charge in [0.05, 0.1) is 36.6 Å². The van der Waals surface area contributed by atoms with Crippen LogP contribution < -0.4 is 19.4 Å². The highest BCUT2D eigenvalue weighted by Gasteiger charge is 2.60. The number of nitrogens with zero attached hydrogens (tertiary/aromatic N) is 3. The monoisotopic (exact) mass is 509 g/mol. The minimum Gasteiger partial charge on any atom is -0.497 e. The topological polar surface area (TPSA) is 111 Å². The maximum absolute atomic E-state index is 13.7. The maximum Gasteiger partial charge on any atom is 0.269 e. The fourth-order valence-corrected chi connectivity index (χ4v) is 4.71. The van der Waals surface area contributed by atoms with Crippen LogP contribution in [-0.2, 0) is 14.4 Å². The number of non-ortho nitro benzene ring substituents is 1. The van der Waals surface area contributed by atoms with Crippen LogP contribution >= 0.6 is 11.6 Å². The minimum atomic E-state index is -1.11. The van der Waals surface area contributed by atoms with E-state index in [-0.39, 0.29) is 11.4 Å². The molecule has 10 nitrogen and oxygen atoms in total. The third kappa shape index (κ3) is 3.80. The van der Waals surface area contributed by atoms with E-state index in [1.165, 1.54) is 43.5 Å². The lowest BCUT2D eigenvalue weighted by molar-refractivity contribution is -0.384. The van der Waals surface area contributed by atoms with Crippen LogP contribution in [0.25, 0.3) is 0 Å². The normalized spacial score (nSPS) is 21.0. The Morgan fingerprint density at radius 1 is 0.917 bits per heavy atom.